The Balaban J connectivity index is 4.23. The zero-order valence-corrected chi connectivity index (χ0v) is 24.4. The van der Waals surface area contributed by atoms with Gasteiger partial charge >= 0.3 is 194 Å². The van der Waals surface area contributed by atoms with Crippen molar-refractivity contribution in [1.29, 1.82) is 0 Å². The molecule has 0 atom stereocenters. The Hall–Kier alpha value is 0.0431. The molecule has 176 valence electrons. The van der Waals surface area contributed by atoms with Gasteiger partial charge in [-0.3, -0.25) is 0 Å². The van der Waals surface area contributed by atoms with Crippen LogP contribution in [-0.4, -0.2) is 22.3 Å². The fourth-order valence-electron chi connectivity index (χ4n) is 3.88. The van der Waals surface area contributed by atoms with Crippen LogP contribution in [0.2, 0.25) is 0 Å². The maximum absolute atomic E-state index is 6.55. The predicted octanol–water partition coefficient (Wildman–Crippen LogP) is 7.32. The number of nitrogens with zero attached hydrogens (tertiary/aromatic N) is 1. The Morgan fingerprint density at radius 1 is 0.667 bits per heavy atom. The monoisotopic (exact) mass is 501 g/mol. The fraction of sp³-hybridized carbons (Fsp3) is 0.840. The molecule has 0 spiro atoms. The molecule has 0 aliphatic heterocycles. The standard InChI is InChI=1S/C19H34N.3C2H5O.Zr/c1-10-17(4,5)14-13-15(18(6,7)11-2)20-16(14)19(8,9)12-3;3*1-2-3;/h13H,10-12H2,1-9H3;3*2H2,1H3;/q4*-1;+4. The van der Waals surface area contributed by atoms with Gasteiger partial charge in [0.2, 0.25) is 0 Å². The van der Waals surface area contributed by atoms with Crippen molar-refractivity contribution in [1.82, 2.24) is 2.51 Å². The minimum atomic E-state index is -4.14. The summed E-state index contributed by atoms with van der Waals surface area (Å²) in [6, 6.07) is 2.46. The molecule has 1 aromatic heterocycles. The molecule has 0 bridgehead atoms. The van der Waals surface area contributed by atoms with E-state index < -0.39 is 21.9 Å². The molecule has 1 heterocycles. The average molecular weight is 503 g/mol. The molecule has 0 amide bonds. The Labute approximate surface area is 193 Å². The molecule has 0 unspecified atom stereocenters. The first kappa shape index (κ1) is 28.1. The van der Waals surface area contributed by atoms with Gasteiger partial charge in [-0.05, 0) is 0 Å². The van der Waals surface area contributed by atoms with Crippen molar-refractivity contribution in [3.8, 4) is 0 Å². The summed E-state index contributed by atoms with van der Waals surface area (Å²) in [5.41, 5.74) is 4.14. The van der Waals surface area contributed by atoms with E-state index >= 15 is 0 Å². The number of aromatic nitrogens is 1. The van der Waals surface area contributed by atoms with E-state index in [2.05, 4.69) is 91.7 Å². The van der Waals surface area contributed by atoms with Crippen LogP contribution in [0.25, 0.3) is 0 Å². The molecule has 5 heteroatoms. The molecular formula is C25H49NO3Zr. The van der Waals surface area contributed by atoms with Crippen molar-refractivity contribution in [3.05, 3.63) is 23.0 Å². The van der Waals surface area contributed by atoms with E-state index in [0.29, 0.717) is 19.8 Å². The van der Waals surface area contributed by atoms with E-state index in [1.54, 1.807) is 0 Å². The molecule has 0 aliphatic carbocycles. The predicted molar refractivity (Wildman–Crippen MR) is 125 cm³/mol. The molecule has 0 fully saturated rings. The Morgan fingerprint density at radius 2 is 1.07 bits per heavy atom. The van der Waals surface area contributed by atoms with Crippen LogP contribution >= 0.6 is 0 Å². The zero-order valence-electron chi connectivity index (χ0n) is 22.0. The number of hydrogen-bond acceptors (Lipinski definition) is 3. The normalized spacial score (nSPS) is 13.9. The van der Waals surface area contributed by atoms with Gasteiger partial charge in [-0.2, -0.15) is 0 Å². The molecule has 30 heavy (non-hydrogen) atoms. The van der Waals surface area contributed by atoms with E-state index in [1.165, 1.54) is 17.0 Å². The van der Waals surface area contributed by atoms with Gasteiger partial charge in [0.25, 0.3) is 0 Å². The van der Waals surface area contributed by atoms with Crippen molar-refractivity contribution < 1.29 is 30.3 Å². The van der Waals surface area contributed by atoms with E-state index in [9.17, 15) is 0 Å². The molecular weight excluding hydrogens is 454 g/mol. The molecule has 4 nitrogen and oxygen atoms in total. The van der Waals surface area contributed by atoms with Crippen LogP contribution in [0.3, 0.4) is 0 Å². The van der Waals surface area contributed by atoms with Crippen molar-refractivity contribution in [3.63, 3.8) is 0 Å². The molecule has 0 saturated heterocycles. The van der Waals surface area contributed by atoms with Crippen LogP contribution in [0.15, 0.2) is 6.07 Å². The van der Waals surface area contributed by atoms with Gasteiger partial charge < -0.3 is 0 Å². The van der Waals surface area contributed by atoms with E-state index in [4.69, 9.17) is 8.44 Å². The SMILES string of the molecule is CC[O][Zr]([O]CC)([O]CC)[n]1c(C(C)(C)CC)cc(C(C)(C)CC)c1C(C)(C)CC. The fourth-order valence-corrected chi connectivity index (χ4v) is 11.5. The molecule has 0 aromatic carbocycles. The zero-order chi connectivity index (χ0) is 23.4. The Kier molecular flexibility index (Phi) is 10.1. The van der Waals surface area contributed by atoms with Gasteiger partial charge in [-0.25, -0.2) is 0 Å². The van der Waals surface area contributed by atoms with E-state index in [1.807, 2.05) is 0 Å². The third kappa shape index (κ3) is 5.50. The number of hydrogen-bond donors (Lipinski definition) is 0. The summed E-state index contributed by atoms with van der Waals surface area (Å²) in [5.74, 6) is 0. The molecule has 1 rings (SSSR count). The molecule has 0 aliphatic rings. The summed E-state index contributed by atoms with van der Waals surface area (Å²) in [6.07, 6.45) is 3.17. The van der Waals surface area contributed by atoms with Crippen molar-refractivity contribution in [2.75, 3.05) is 19.8 Å². The maximum atomic E-state index is 6.55. The van der Waals surface area contributed by atoms with Gasteiger partial charge in [-0.15, -0.1) is 0 Å². The second-order valence-corrected chi connectivity index (χ2v) is 16.0. The third-order valence-corrected chi connectivity index (χ3v) is 14.3. The third-order valence-electron chi connectivity index (χ3n) is 6.97. The Morgan fingerprint density at radius 3 is 1.40 bits per heavy atom. The van der Waals surface area contributed by atoms with Gasteiger partial charge in [-0.1, -0.05) is 0 Å². The van der Waals surface area contributed by atoms with Crippen molar-refractivity contribution >= 4 is 0 Å². The first-order valence-corrected chi connectivity index (χ1v) is 16.1. The second kappa shape index (κ2) is 10.8. The van der Waals surface area contributed by atoms with Gasteiger partial charge in [0.05, 0.1) is 0 Å². The van der Waals surface area contributed by atoms with E-state index in [0.717, 1.165) is 19.3 Å². The molecule has 0 radical (unpaired) electrons. The molecule has 1 aromatic rings. The second-order valence-electron chi connectivity index (χ2n) is 10.2. The van der Waals surface area contributed by atoms with Crippen LogP contribution in [0.4, 0.5) is 0 Å². The minimum absolute atomic E-state index is 0.00584. The van der Waals surface area contributed by atoms with E-state index in [-0.39, 0.29) is 16.2 Å². The van der Waals surface area contributed by atoms with Gasteiger partial charge in [0.1, 0.15) is 0 Å². The average Bonchev–Trinajstić information content (AvgIpc) is 3.12. The van der Waals surface area contributed by atoms with Crippen LogP contribution in [0.5, 0.6) is 0 Å². The first-order chi connectivity index (χ1) is 13.8. The van der Waals surface area contributed by atoms with Crippen LogP contribution in [-0.2, 0) is 46.6 Å². The van der Waals surface area contributed by atoms with Crippen molar-refractivity contribution in [2.45, 2.75) is 119 Å². The Bertz CT molecular complexity index is 659. The molecule has 0 N–H and O–H groups in total. The van der Waals surface area contributed by atoms with Gasteiger partial charge in [0.15, 0.2) is 0 Å². The summed E-state index contributed by atoms with van der Waals surface area (Å²) in [7, 11) is 0. The first-order valence-electron chi connectivity index (χ1n) is 12.0. The summed E-state index contributed by atoms with van der Waals surface area (Å²) in [5, 5.41) is 0. The van der Waals surface area contributed by atoms with Crippen molar-refractivity contribution in [2.24, 2.45) is 0 Å². The quantitative estimate of drug-likeness (QED) is 0.283. The van der Waals surface area contributed by atoms with Crippen LogP contribution < -0.4 is 0 Å². The molecule has 0 saturated carbocycles. The van der Waals surface area contributed by atoms with Crippen LogP contribution in [0.1, 0.15) is 119 Å². The summed E-state index contributed by atoms with van der Waals surface area (Å²) >= 11 is -4.14. The van der Waals surface area contributed by atoms with Crippen LogP contribution in [0, 0.1) is 0 Å². The van der Waals surface area contributed by atoms with Gasteiger partial charge in [0, 0.05) is 0 Å². The summed E-state index contributed by atoms with van der Waals surface area (Å²) in [6.45, 7) is 28.9. The topological polar surface area (TPSA) is 32.6 Å². The summed E-state index contributed by atoms with van der Waals surface area (Å²) < 4.78 is 22.1. The summed E-state index contributed by atoms with van der Waals surface area (Å²) in [4.78, 5) is 0. The number of rotatable bonds is 13.